The van der Waals surface area contributed by atoms with E-state index in [4.69, 9.17) is 19.7 Å². The number of allylic oxidation sites excluding steroid dienone is 4. The summed E-state index contributed by atoms with van der Waals surface area (Å²) in [4.78, 5) is 0. The van der Waals surface area contributed by atoms with Gasteiger partial charge in [0.05, 0.1) is 0 Å². The molecule has 1 aliphatic carbocycles. The van der Waals surface area contributed by atoms with Gasteiger partial charge in [-0.25, -0.2) is 30.7 Å². The van der Waals surface area contributed by atoms with Crippen LogP contribution in [0.15, 0.2) is 48.6 Å². The number of aliphatic hydroxyl groups excluding tert-OH is 2. The van der Waals surface area contributed by atoms with E-state index >= 15 is 0 Å². The van der Waals surface area contributed by atoms with Crippen LogP contribution in [0, 0.1) is 19.3 Å². The molecule has 224 valence electrons. The molecule has 0 amide bonds. The maximum atomic E-state index is 8.69. The van der Waals surface area contributed by atoms with E-state index in [1.165, 1.54) is 43.3 Å². The zero-order valence-corrected chi connectivity index (χ0v) is 27.2. The third kappa shape index (κ3) is 22.6. The van der Waals surface area contributed by atoms with Crippen LogP contribution < -0.4 is 0 Å². The molecule has 1 aromatic rings. The monoisotopic (exact) mass is 600 g/mol. The van der Waals surface area contributed by atoms with Crippen LogP contribution in [0.5, 0.6) is 0 Å². The van der Waals surface area contributed by atoms with Crippen molar-refractivity contribution in [2.75, 3.05) is 13.2 Å². The number of rotatable bonds is 9. The Hall–Kier alpha value is -0.724. The second-order valence-corrected chi connectivity index (χ2v) is 16.5. The first-order valence-electron chi connectivity index (χ1n) is 14.9. The van der Waals surface area contributed by atoms with Crippen molar-refractivity contribution in [1.82, 2.24) is 0 Å². The molecule has 4 nitrogen and oxygen atoms in total. The summed E-state index contributed by atoms with van der Waals surface area (Å²) in [6.45, 7) is 11.1. The van der Waals surface area contributed by atoms with Gasteiger partial charge in [-0.05, 0) is 64.2 Å². The molecule has 3 atom stereocenters. The van der Waals surface area contributed by atoms with Gasteiger partial charge in [0.1, 0.15) is 0 Å². The fourth-order valence-corrected chi connectivity index (χ4v) is 8.05. The van der Waals surface area contributed by atoms with E-state index < -0.39 is 20.7 Å². The zero-order valence-electron chi connectivity index (χ0n) is 25.0. The van der Waals surface area contributed by atoms with Crippen LogP contribution in [0.1, 0.15) is 89.5 Å². The molecule has 2 saturated heterocycles. The van der Waals surface area contributed by atoms with Gasteiger partial charge in [0.2, 0.25) is 0 Å². The topological polar surface area (TPSA) is 58.9 Å². The van der Waals surface area contributed by atoms with Crippen LogP contribution in [-0.4, -0.2) is 44.1 Å². The normalized spacial score (nSPS) is 21.2. The molecule has 6 heteroatoms. The molecule has 4 rings (SSSR count). The Labute approximate surface area is 252 Å². The molecular weight excluding hydrogens is 544 g/mol. The second kappa shape index (κ2) is 25.0. The van der Waals surface area contributed by atoms with Crippen molar-refractivity contribution in [2.24, 2.45) is 0 Å². The second-order valence-electron chi connectivity index (χ2n) is 11.3. The van der Waals surface area contributed by atoms with E-state index in [2.05, 4.69) is 63.4 Å². The Morgan fingerprint density at radius 3 is 2.08 bits per heavy atom. The van der Waals surface area contributed by atoms with Crippen LogP contribution in [0.3, 0.4) is 0 Å². The van der Waals surface area contributed by atoms with E-state index in [0.29, 0.717) is 0 Å². The maximum Gasteiger partial charge on any atom is 2.00 e. The first-order valence-corrected chi connectivity index (χ1v) is 18.3. The average molecular weight is 601 g/mol. The fraction of sp³-hybridized carbons (Fsp3) is 0.636. The van der Waals surface area contributed by atoms with Crippen molar-refractivity contribution in [3.63, 3.8) is 0 Å². The smallest absolute Gasteiger partial charge is 0.368 e. The molecule has 1 aromatic carbocycles. The maximum absolute atomic E-state index is 8.69. The summed E-state index contributed by atoms with van der Waals surface area (Å²) in [5.41, 5.74) is 1.54. The standard InChI is InChI=1S/C18H31Si.2C5H10O2.C5H5.Fe/c1-5-6-7-8-9-12-15-19(3,4)16-17(2)18-13-10-11-14-18;2*6-5-3-1-2-4-7-5;1-2-4-5-3-1;/h5-6,10-11,13-14,17H,7-9,12,15-16H2,1-4H3;2*5-6H,1-4H2;1-5H;/q-1;;;-1;+2/b6-5+;;;;. The number of aliphatic hydroxyl groups is 2. The van der Waals surface area contributed by atoms with Gasteiger partial charge in [-0.3, -0.25) is 0 Å². The molecule has 2 N–H and O–H groups in total. The SMILES string of the molecule is C/C=C/CCCCC[Si](C)(C)CC(C)c1ccc[cH-]1.OC1CCCCO1.OC1CCCCO1.[CH]1[CH][CH-]C=C1.[Fe+2]. The summed E-state index contributed by atoms with van der Waals surface area (Å²) in [5, 5.41) is 17.4. The molecule has 0 spiro atoms. The van der Waals surface area contributed by atoms with Crippen molar-refractivity contribution < 1.29 is 36.8 Å². The Balaban J connectivity index is 0.000000583. The van der Waals surface area contributed by atoms with Crippen LogP contribution in [0.25, 0.3) is 0 Å². The van der Waals surface area contributed by atoms with E-state index in [-0.39, 0.29) is 17.1 Å². The minimum Gasteiger partial charge on any atom is -0.368 e. The molecule has 3 unspecified atom stereocenters. The van der Waals surface area contributed by atoms with Crippen LogP contribution in [0.4, 0.5) is 0 Å². The third-order valence-electron chi connectivity index (χ3n) is 6.94. The zero-order chi connectivity index (χ0) is 27.9. The van der Waals surface area contributed by atoms with Crippen molar-refractivity contribution >= 4 is 8.07 Å². The Morgan fingerprint density at radius 2 is 1.69 bits per heavy atom. The van der Waals surface area contributed by atoms with Gasteiger partial charge in [-0.15, -0.1) is 12.8 Å². The Bertz CT molecular complexity index is 671. The van der Waals surface area contributed by atoms with E-state index in [1.807, 2.05) is 31.4 Å². The van der Waals surface area contributed by atoms with Crippen molar-refractivity contribution in [1.29, 1.82) is 0 Å². The number of ether oxygens (including phenoxy) is 2. The van der Waals surface area contributed by atoms with Crippen LogP contribution >= 0.6 is 0 Å². The summed E-state index contributed by atoms with van der Waals surface area (Å²) in [6.07, 6.45) is 25.1. The van der Waals surface area contributed by atoms with Gasteiger partial charge in [0, 0.05) is 21.3 Å². The third-order valence-corrected chi connectivity index (χ3v) is 10.4. The minimum absolute atomic E-state index is 0. The summed E-state index contributed by atoms with van der Waals surface area (Å²) in [6, 6.07) is 11.8. The van der Waals surface area contributed by atoms with Crippen LogP contribution in [0.2, 0.25) is 25.2 Å². The molecule has 3 aliphatic rings. The molecular formula is C33H56FeO4Si. The number of hydrogen-bond acceptors (Lipinski definition) is 4. The van der Waals surface area contributed by atoms with Gasteiger partial charge < -0.3 is 19.7 Å². The van der Waals surface area contributed by atoms with E-state index in [0.717, 1.165) is 57.7 Å². The molecule has 0 aromatic heterocycles. The fourth-order valence-electron chi connectivity index (χ4n) is 4.74. The Morgan fingerprint density at radius 1 is 1.03 bits per heavy atom. The van der Waals surface area contributed by atoms with E-state index in [1.54, 1.807) is 0 Å². The van der Waals surface area contributed by atoms with Crippen molar-refractivity contribution in [3.8, 4) is 0 Å². The quantitative estimate of drug-likeness (QED) is 0.129. The largest absolute Gasteiger partial charge is 2.00 e. The van der Waals surface area contributed by atoms with Crippen molar-refractivity contribution in [2.45, 2.75) is 122 Å². The van der Waals surface area contributed by atoms with Gasteiger partial charge in [-0.2, -0.15) is 17.7 Å². The number of unbranched alkanes of at least 4 members (excludes halogenated alkanes) is 3. The summed E-state index contributed by atoms with van der Waals surface area (Å²) in [7, 11) is -1.01. The molecule has 0 bridgehead atoms. The average Bonchev–Trinajstić information content (AvgIpc) is 3.65. The van der Waals surface area contributed by atoms with Gasteiger partial charge in [0.25, 0.3) is 0 Å². The Kier molecular flexibility index (Phi) is 24.6. The molecule has 0 saturated carbocycles. The summed E-state index contributed by atoms with van der Waals surface area (Å²) >= 11 is 0. The van der Waals surface area contributed by atoms with Crippen LogP contribution in [-0.2, 0) is 26.5 Å². The molecule has 2 aliphatic heterocycles. The predicted octanol–water partition coefficient (Wildman–Crippen LogP) is 8.53. The first kappa shape index (κ1) is 38.3. The molecule has 2 fully saturated rings. The molecule has 2 heterocycles. The summed E-state index contributed by atoms with van der Waals surface area (Å²) < 4.78 is 9.67. The summed E-state index contributed by atoms with van der Waals surface area (Å²) in [5.74, 6) is 0.750. The van der Waals surface area contributed by atoms with E-state index in [9.17, 15) is 0 Å². The van der Waals surface area contributed by atoms with Gasteiger partial charge in [-0.1, -0.05) is 57.1 Å². The molecule has 2 radical (unpaired) electrons. The van der Waals surface area contributed by atoms with Gasteiger partial charge >= 0.3 is 17.1 Å². The number of hydrogen-bond donors (Lipinski definition) is 2. The van der Waals surface area contributed by atoms with Crippen molar-refractivity contribution in [3.05, 3.63) is 73.4 Å². The minimum atomic E-state index is -1.01. The first-order chi connectivity index (χ1) is 18.3. The predicted molar refractivity (Wildman–Crippen MR) is 164 cm³/mol. The van der Waals surface area contributed by atoms with Gasteiger partial charge in [0.15, 0.2) is 12.6 Å². The molecule has 39 heavy (non-hydrogen) atoms.